The fraction of sp³-hybridized carbons (Fsp3) is 0.0476. The fourth-order valence-electron chi connectivity index (χ4n) is 2.73. The van der Waals surface area contributed by atoms with Gasteiger partial charge in [-0.15, -0.1) is 0 Å². The highest BCUT2D eigenvalue weighted by atomic mass is 16.5. The Morgan fingerprint density at radius 2 is 1.85 bits per heavy atom. The number of carbonyl (C=O) groups is 2. The highest BCUT2D eigenvalue weighted by molar-refractivity contribution is 6.15. The lowest BCUT2D eigenvalue weighted by atomic mass is 10.1. The van der Waals surface area contributed by atoms with Gasteiger partial charge in [0.1, 0.15) is 11.5 Å². The monoisotopic (exact) mass is 358 g/mol. The van der Waals surface area contributed by atoms with E-state index >= 15 is 0 Å². The van der Waals surface area contributed by atoms with Crippen LogP contribution in [0, 0.1) is 6.92 Å². The second-order valence-electron chi connectivity index (χ2n) is 5.92. The standard InChI is InChI=1S/C21H14N2O4/c1-13-17(27-21(25)15-5-3-9-23-12-15)7-6-16-19(24)18(26-20(13)16)10-14-4-2-8-22-11-14/h2-12H,1H3/b18-10-. The summed E-state index contributed by atoms with van der Waals surface area (Å²) in [5.74, 6) is 0.185. The minimum absolute atomic E-state index is 0.205. The van der Waals surface area contributed by atoms with E-state index in [0.717, 1.165) is 5.56 Å². The van der Waals surface area contributed by atoms with Crippen LogP contribution in [0.1, 0.15) is 31.8 Å². The van der Waals surface area contributed by atoms with E-state index in [-0.39, 0.29) is 11.5 Å². The number of rotatable bonds is 3. The smallest absolute Gasteiger partial charge is 0.345 e. The number of nitrogens with zero attached hydrogens (tertiary/aromatic N) is 2. The number of aromatic nitrogens is 2. The molecule has 6 nitrogen and oxygen atoms in total. The molecule has 27 heavy (non-hydrogen) atoms. The second-order valence-corrected chi connectivity index (χ2v) is 5.92. The lowest BCUT2D eigenvalue weighted by Gasteiger charge is -2.10. The Labute approximate surface area is 155 Å². The molecule has 0 radical (unpaired) electrons. The van der Waals surface area contributed by atoms with Crippen LogP contribution in [0.4, 0.5) is 0 Å². The summed E-state index contributed by atoms with van der Waals surface area (Å²) in [5, 5.41) is 0. The Hall–Kier alpha value is -3.80. The third kappa shape index (κ3) is 3.20. The molecule has 6 heteroatoms. The van der Waals surface area contributed by atoms with Crippen molar-refractivity contribution in [2.75, 3.05) is 0 Å². The van der Waals surface area contributed by atoms with E-state index < -0.39 is 5.97 Å². The summed E-state index contributed by atoms with van der Waals surface area (Å²) < 4.78 is 11.2. The average molecular weight is 358 g/mol. The molecule has 1 aliphatic heterocycles. The number of fused-ring (bicyclic) bond motifs is 1. The van der Waals surface area contributed by atoms with Gasteiger partial charge in [0.2, 0.25) is 5.78 Å². The van der Waals surface area contributed by atoms with Crippen LogP contribution in [0.5, 0.6) is 11.5 Å². The first-order chi connectivity index (χ1) is 13.1. The first-order valence-electron chi connectivity index (χ1n) is 8.23. The number of benzene rings is 1. The Bertz CT molecular complexity index is 1060. The number of esters is 1. The van der Waals surface area contributed by atoms with Crippen LogP contribution in [-0.4, -0.2) is 21.7 Å². The van der Waals surface area contributed by atoms with Crippen molar-refractivity contribution in [1.29, 1.82) is 0 Å². The Kier molecular flexibility index (Phi) is 4.22. The summed E-state index contributed by atoms with van der Waals surface area (Å²) in [5.41, 5.74) is 2.11. The van der Waals surface area contributed by atoms with Crippen LogP contribution in [0.2, 0.25) is 0 Å². The molecule has 0 saturated carbocycles. The predicted molar refractivity (Wildman–Crippen MR) is 97.5 cm³/mol. The molecule has 3 heterocycles. The lowest BCUT2D eigenvalue weighted by Crippen LogP contribution is -2.09. The minimum Gasteiger partial charge on any atom is -0.452 e. The molecule has 0 bridgehead atoms. The Morgan fingerprint density at radius 1 is 1.07 bits per heavy atom. The predicted octanol–water partition coefficient (Wildman–Crippen LogP) is 3.62. The maximum atomic E-state index is 12.6. The van der Waals surface area contributed by atoms with Crippen molar-refractivity contribution in [3.8, 4) is 11.5 Å². The molecule has 4 rings (SSSR count). The third-order valence-electron chi connectivity index (χ3n) is 4.12. The number of hydrogen-bond donors (Lipinski definition) is 0. The number of pyridine rings is 2. The maximum Gasteiger partial charge on any atom is 0.345 e. The number of ether oxygens (including phenoxy) is 2. The molecule has 0 N–H and O–H groups in total. The van der Waals surface area contributed by atoms with Crippen LogP contribution >= 0.6 is 0 Å². The minimum atomic E-state index is -0.526. The largest absolute Gasteiger partial charge is 0.452 e. The van der Waals surface area contributed by atoms with Gasteiger partial charge in [0.25, 0.3) is 0 Å². The summed E-state index contributed by atoms with van der Waals surface area (Å²) in [6, 6.07) is 10.1. The summed E-state index contributed by atoms with van der Waals surface area (Å²) in [7, 11) is 0. The highest BCUT2D eigenvalue weighted by Gasteiger charge is 2.30. The fourth-order valence-corrected chi connectivity index (χ4v) is 2.73. The molecule has 2 aromatic heterocycles. The van der Waals surface area contributed by atoms with Gasteiger partial charge in [0, 0.05) is 30.4 Å². The van der Waals surface area contributed by atoms with Gasteiger partial charge in [-0.05, 0) is 48.9 Å². The first kappa shape index (κ1) is 16.7. The Balaban J connectivity index is 1.63. The molecule has 0 fully saturated rings. The average Bonchev–Trinajstić information content (AvgIpc) is 3.02. The molecule has 0 saturated heterocycles. The van der Waals surface area contributed by atoms with Crippen molar-refractivity contribution in [3.63, 3.8) is 0 Å². The van der Waals surface area contributed by atoms with Crippen molar-refractivity contribution in [2.24, 2.45) is 0 Å². The van der Waals surface area contributed by atoms with Crippen molar-refractivity contribution < 1.29 is 19.1 Å². The van der Waals surface area contributed by atoms with Crippen LogP contribution < -0.4 is 9.47 Å². The zero-order valence-electron chi connectivity index (χ0n) is 14.4. The lowest BCUT2D eigenvalue weighted by molar-refractivity contribution is 0.0732. The quantitative estimate of drug-likeness (QED) is 0.404. The van der Waals surface area contributed by atoms with Crippen molar-refractivity contribution >= 4 is 17.8 Å². The Morgan fingerprint density at radius 3 is 2.56 bits per heavy atom. The molecule has 0 atom stereocenters. The molecule has 0 amide bonds. The van der Waals surface area contributed by atoms with Gasteiger partial charge < -0.3 is 9.47 Å². The third-order valence-corrected chi connectivity index (χ3v) is 4.12. The second kappa shape index (κ2) is 6.84. The molecular formula is C21H14N2O4. The van der Waals surface area contributed by atoms with E-state index in [1.807, 2.05) is 6.07 Å². The SMILES string of the molecule is Cc1c(OC(=O)c2cccnc2)ccc2c1O/C(=C\c1cccnc1)C2=O. The van der Waals surface area contributed by atoms with Crippen LogP contribution in [0.15, 0.2) is 66.9 Å². The van der Waals surface area contributed by atoms with Gasteiger partial charge >= 0.3 is 5.97 Å². The summed E-state index contributed by atoms with van der Waals surface area (Å²) in [6.07, 6.45) is 7.94. The van der Waals surface area contributed by atoms with Crippen molar-refractivity contribution in [2.45, 2.75) is 6.92 Å². The normalized spacial score (nSPS) is 14.0. The summed E-state index contributed by atoms with van der Waals surface area (Å²) >= 11 is 0. The van der Waals surface area contributed by atoms with E-state index in [1.54, 1.807) is 61.9 Å². The van der Waals surface area contributed by atoms with E-state index in [2.05, 4.69) is 9.97 Å². The summed E-state index contributed by atoms with van der Waals surface area (Å²) in [4.78, 5) is 32.8. The number of Topliss-reactive ketones (excluding diaryl/α,β-unsaturated/α-hetero) is 1. The highest BCUT2D eigenvalue weighted by Crippen LogP contribution is 2.39. The van der Waals surface area contributed by atoms with E-state index in [9.17, 15) is 9.59 Å². The first-order valence-corrected chi connectivity index (χ1v) is 8.23. The van der Waals surface area contributed by atoms with Gasteiger partial charge in [-0.1, -0.05) is 6.07 Å². The molecule has 3 aromatic rings. The van der Waals surface area contributed by atoms with E-state index in [0.29, 0.717) is 28.2 Å². The number of allylic oxidation sites excluding steroid dienone is 1. The van der Waals surface area contributed by atoms with Gasteiger partial charge in [0.15, 0.2) is 5.76 Å². The van der Waals surface area contributed by atoms with Crippen LogP contribution in [0.3, 0.4) is 0 Å². The zero-order chi connectivity index (χ0) is 18.8. The molecule has 132 valence electrons. The number of ketones is 1. The van der Waals surface area contributed by atoms with Crippen molar-refractivity contribution in [3.05, 3.63) is 89.2 Å². The molecule has 1 aliphatic rings. The summed E-state index contributed by atoms with van der Waals surface area (Å²) in [6.45, 7) is 1.74. The van der Waals surface area contributed by atoms with Gasteiger partial charge in [0.05, 0.1) is 11.1 Å². The molecule has 0 unspecified atom stereocenters. The molecular weight excluding hydrogens is 344 g/mol. The van der Waals surface area contributed by atoms with Crippen LogP contribution in [-0.2, 0) is 0 Å². The van der Waals surface area contributed by atoms with Crippen molar-refractivity contribution in [1.82, 2.24) is 9.97 Å². The van der Waals surface area contributed by atoms with Gasteiger partial charge in [-0.2, -0.15) is 0 Å². The molecule has 0 aliphatic carbocycles. The molecule has 0 spiro atoms. The number of hydrogen-bond acceptors (Lipinski definition) is 6. The molecule has 1 aromatic carbocycles. The van der Waals surface area contributed by atoms with Gasteiger partial charge in [-0.3, -0.25) is 14.8 Å². The zero-order valence-corrected chi connectivity index (χ0v) is 14.4. The van der Waals surface area contributed by atoms with E-state index in [4.69, 9.17) is 9.47 Å². The van der Waals surface area contributed by atoms with Gasteiger partial charge in [-0.25, -0.2) is 4.79 Å². The number of carbonyl (C=O) groups excluding carboxylic acids is 2. The topological polar surface area (TPSA) is 78.4 Å². The maximum absolute atomic E-state index is 12.6. The van der Waals surface area contributed by atoms with E-state index in [1.165, 1.54) is 6.20 Å². The van der Waals surface area contributed by atoms with Crippen LogP contribution in [0.25, 0.3) is 6.08 Å².